The quantitative estimate of drug-likeness (QED) is 0.683. The number of carbonyl (C=O) groups is 1. The maximum Gasteiger partial charge on any atom is 0.234 e. The maximum absolute atomic E-state index is 11.7. The van der Waals surface area contributed by atoms with Crippen LogP contribution >= 0.6 is 12.2 Å². The fourth-order valence-electron chi connectivity index (χ4n) is 1.09. The SMILES string of the molecule is CCC(C)(C)NC(=O)CN(C)C(C)C(N)=S. The Bertz CT molecular complexity index is 266. The first kappa shape index (κ1) is 15.3. The molecule has 1 atom stereocenters. The molecule has 0 bridgehead atoms. The van der Waals surface area contributed by atoms with Crippen LogP contribution < -0.4 is 11.1 Å². The average Bonchev–Trinajstić information content (AvgIpc) is 2.15. The van der Waals surface area contributed by atoms with E-state index < -0.39 is 0 Å². The molecular formula is C11H23N3OS. The van der Waals surface area contributed by atoms with Crippen molar-refractivity contribution in [2.75, 3.05) is 13.6 Å². The lowest BCUT2D eigenvalue weighted by atomic mass is 10.0. The predicted octanol–water partition coefficient (Wildman–Crippen LogP) is 0.898. The lowest BCUT2D eigenvalue weighted by molar-refractivity contribution is -0.123. The number of nitrogens with zero attached hydrogens (tertiary/aromatic N) is 1. The van der Waals surface area contributed by atoms with Gasteiger partial charge in [-0.1, -0.05) is 19.1 Å². The minimum atomic E-state index is -0.162. The van der Waals surface area contributed by atoms with Gasteiger partial charge in [-0.05, 0) is 34.2 Å². The summed E-state index contributed by atoms with van der Waals surface area (Å²) in [6.45, 7) is 8.24. The molecule has 0 aliphatic rings. The van der Waals surface area contributed by atoms with Crippen molar-refractivity contribution in [3.05, 3.63) is 0 Å². The number of nitrogens with two attached hydrogens (primary N) is 1. The summed E-state index contributed by atoms with van der Waals surface area (Å²) in [7, 11) is 1.84. The van der Waals surface area contributed by atoms with E-state index in [1.807, 2.05) is 39.6 Å². The third kappa shape index (κ3) is 5.42. The van der Waals surface area contributed by atoms with Crippen molar-refractivity contribution in [3.8, 4) is 0 Å². The minimum absolute atomic E-state index is 0.00236. The van der Waals surface area contributed by atoms with Gasteiger partial charge in [0.05, 0.1) is 17.6 Å². The van der Waals surface area contributed by atoms with Crippen LogP contribution in [-0.4, -0.2) is 41.0 Å². The molecule has 0 fully saturated rings. The second kappa shape index (κ2) is 6.15. The first-order valence-electron chi connectivity index (χ1n) is 5.50. The van der Waals surface area contributed by atoms with Gasteiger partial charge >= 0.3 is 0 Å². The van der Waals surface area contributed by atoms with Gasteiger partial charge in [0, 0.05) is 5.54 Å². The smallest absolute Gasteiger partial charge is 0.234 e. The van der Waals surface area contributed by atoms with E-state index >= 15 is 0 Å². The van der Waals surface area contributed by atoms with Gasteiger partial charge in [-0.15, -0.1) is 0 Å². The van der Waals surface area contributed by atoms with E-state index in [0.29, 0.717) is 11.5 Å². The van der Waals surface area contributed by atoms with Crippen LogP contribution in [0, 0.1) is 0 Å². The van der Waals surface area contributed by atoms with E-state index in [1.54, 1.807) is 0 Å². The van der Waals surface area contributed by atoms with E-state index in [4.69, 9.17) is 18.0 Å². The van der Waals surface area contributed by atoms with E-state index in [1.165, 1.54) is 0 Å². The molecule has 0 aliphatic heterocycles. The summed E-state index contributed by atoms with van der Waals surface area (Å²) < 4.78 is 0. The second-order valence-corrected chi connectivity index (χ2v) is 5.25. The molecule has 5 heteroatoms. The third-order valence-corrected chi connectivity index (χ3v) is 3.17. The zero-order valence-corrected chi connectivity index (χ0v) is 11.6. The number of hydrogen-bond acceptors (Lipinski definition) is 3. The molecule has 94 valence electrons. The zero-order chi connectivity index (χ0) is 12.9. The van der Waals surface area contributed by atoms with Gasteiger partial charge in [-0.25, -0.2) is 0 Å². The highest BCUT2D eigenvalue weighted by atomic mass is 32.1. The van der Waals surface area contributed by atoms with Gasteiger partial charge in [0.25, 0.3) is 0 Å². The molecule has 0 spiro atoms. The molecule has 0 heterocycles. The Balaban J connectivity index is 4.20. The van der Waals surface area contributed by atoms with E-state index in [2.05, 4.69) is 5.32 Å². The molecule has 0 aliphatic carbocycles. The van der Waals surface area contributed by atoms with Crippen molar-refractivity contribution < 1.29 is 4.79 Å². The number of nitrogens with one attached hydrogen (secondary N) is 1. The lowest BCUT2D eigenvalue weighted by Gasteiger charge is -2.28. The Labute approximate surface area is 104 Å². The molecule has 3 N–H and O–H groups in total. The maximum atomic E-state index is 11.7. The summed E-state index contributed by atoms with van der Waals surface area (Å²) in [5.74, 6) is -0.00236. The van der Waals surface area contributed by atoms with Crippen molar-refractivity contribution in [3.63, 3.8) is 0 Å². The van der Waals surface area contributed by atoms with Crippen LogP contribution in [0.15, 0.2) is 0 Å². The first-order valence-corrected chi connectivity index (χ1v) is 5.91. The van der Waals surface area contributed by atoms with Gasteiger partial charge in [-0.3, -0.25) is 9.69 Å². The molecule has 0 aromatic rings. The molecule has 0 saturated heterocycles. The number of thiocarbonyl (C=S) groups is 1. The molecule has 0 aromatic heterocycles. The summed E-state index contributed by atoms with van der Waals surface area (Å²) in [4.78, 5) is 14.0. The number of rotatable bonds is 6. The van der Waals surface area contributed by atoms with Crippen molar-refractivity contribution >= 4 is 23.1 Å². The summed E-state index contributed by atoms with van der Waals surface area (Å²) in [6.07, 6.45) is 0.896. The van der Waals surface area contributed by atoms with Crippen LogP contribution in [0.1, 0.15) is 34.1 Å². The Morgan fingerprint density at radius 1 is 1.56 bits per heavy atom. The van der Waals surface area contributed by atoms with E-state index in [9.17, 15) is 4.79 Å². The predicted molar refractivity (Wildman–Crippen MR) is 71.4 cm³/mol. The fourth-order valence-corrected chi connectivity index (χ4v) is 1.27. The Hall–Kier alpha value is -0.680. The van der Waals surface area contributed by atoms with Gasteiger partial charge in [-0.2, -0.15) is 0 Å². The van der Waals surface area contributed by atoms with Gasteiger partial charge in [0.15, 0.2) is 0 Å². The van der Waals surface area contributed by atoms with E-state index in [0.717, 1.165) is 6.42 Å². The monoisotopic (exact) mass is 245 g/mol. The molecule has 0 saturated carbocycles. The standard InChI is InChI=1S/C11H23N3OS/c1-6-11(3,4)13-9(15)7-14(5)8(2)10(12)16/h8H,6-7H2,1-5H3,(H2,12,16)(H,13,15). The fraction of sp³-hybridized carbons (Fsp3) is 0.818. The highest BCUT2D eigenvalue weighted by molar-refractivity contribution is 7.80. The Morgan fingerprint density at radius 3 is 2.44 bits per heavy atom. The molecule has 0 rings (SSSR count). The van der Waals surface area contributed by atoms with Crippen LogP contribution in [0.2, 0.25) is 0 Å². The molecule has 16 heavy (non-hydrogen) atoms. The Kier molecular flexibility index (Phi) is 5.89. The van der Waals surface area contributed by atoms with Crippen molar-refractivity contribution in [2.24, 2.45) is 5.73 Å². The molecule has 4 nitrogen and oxygen atoms in total. The lowest BCUT2D eigenvalue weighted by Crippen LogP contribution is -2.49. The largest absolute Gasteiger partial charge is 0.392 e. The number of amides is 1. The summed E-state index contributed by atoms with van der Waals surface area (Å²) in [5.41, 5.74) is 5.36. The number of hydrogen-bond donors (Lipinski definition) is 2. The molecule has 1 unspecified atom stereocenters. The molecule has 1 amide bonds. The van der Waals surface area contributed by atoms with Crippen LogP contribution in [-0.2, 0) is 4.79 Å². The van der Waals surface area contributed by atoms with Gasteiger partial charge in [0.2, 0.25) is 5.91 Å². The first-order chi connectivity index (χ1) is 7.19. The van der Waals surface area contributed by atoms with Crippen molar-refractivity contribution in [1.29, 1.82) is 0 Å². The summed E-state index contributed by atoms with van der Waals surface area (Å²) in [6, 6.07) is -0.0644. The average molecular weight is 245 g/mol. The molecule has 0 radical (unpaired) electrons. The number of carbonyl (C=O) groups excluding carboxylic acids is 1. The van der Waals surface area contributed by atoms with Crippen LogP contribution in [0.25, 0.3) is 0 Å². The van der Waals surface area contributed by atoms with Gasteiger partial charge < -0.3 is 11.1 Å². The van der Waals surface area contributed by atoms with E-state index in [-0.39, 0.29) is 17.5 Å². The van der Waals surface area contributed by atoms with Crippen LogP contribution in [0.3, 0.4) is 0 Å². The normalized spacial score (nSPS) is 13.6. The number of likely N-dealkylation sites (N-methyl/N-ethyl adjacent to an activating group) is 1. The van der Waals surface area contributed by atoms with Crippen LogP contribution in [0.5, 0.6) is 0 Å². The topological polar surface area (TPSA) is 58.4 Å². The summed E-state index contributed by atoms with van der Waals surface area (Å²) in [5, 5.41) is 2.97. The minimum Gasteiger partial charge on any atom is -0.392 e. The van der Waals surface area contributed by atoms with Gasteiger partial charge in [0.1, 0.15) is 0 Å². The molecule has 0 aromatic carbocycles. The third-order valence-electron chi connectivity index (χ3n) is 2.83. The molecular weight excluding hydrogens is 222 g/mol. The highest BCUT2D eigenvalue weighted by Gasteiger charge is 2.20. The zero-order valence-electron chi connectivity index (χ0n) is 10.8. The highest BCUT2D eigenvalue weighted by Crippen LogP contribution is 2.06. The van der Waals surface area contributed by atoms with Crippen molar-refractivity contribution in [1.82, 2.24) is 10.2 Å². The second-order valence-electron chi connectivity index (χ2n) is 4.78. The van der Waals surface area contributed by atoms with Crippen molar-refractivity contribution in [2.45, 2.75) is 45.7 Å². The van der Waals surface area contributed by atoms with Crippen LogP contribution in [0.4, 0.5) is 0 Å². The Morgan fingerprint density at radius 2 is 2.06 bits per heavy atom. The summed E-state index contributed by atoms with van der Waals surface area (Å²) >= 11 is 4.88.